The zero-order chi connectivity index (χ0) is 21.8. The van der Waals surface area contributed by atoms with Crippen LogP contribution >= 0.6 is 9.24 Å². The average molecular weight is 445 g/mol. The summed E-state index contributed by atoms with van der Waals surface area (Å²) in [7, 11) is 6.86. The summed E-state index contributed by atoms with van der Waals surface area (Å²) >= 11 is 0. The molecule has 3 heterocycles. The van der Waals surface area contributed by atoms with Crippen molar-refractivity contribution in [2.24, 2.45) is 0 Å². The topological polar surface area (TPSA) is 80.2 Å². The molecule has 1 saturated heterocycles. The summed E-state index contributed by atoms with van der Waals surface area (Å²) in [4.78, 5) is 10.6. The second-order valence-corrected chi connectivity index (χ2v) is 8.55. The smallest absolute Gasteiger partial charge is 0.161 e. The molecule has 0 spiro atoms. The van der Waals surface area contributed by atoms with E-state index in [1.54, 1.807) is 0 Å². The zero-order valence-electron chi connectivity index (χ0n) is 18.6. The number of benzene rings is 1. The molecule has 1 aromatic carbocycles. The largest absolute Gasteiger partial charge is 0.385 e. The van der Waals surface area contributed by atoms with Gasteiger partial charge < -0.3 is 24.7 Å². The summed E-state index contributed by atoms with van der Waals surface area (Å²) in [6, 6.07) is 4.27. The lowest BCUT2D eigenvalue weighted by molar-refractivity contribution is -0.0393. The van der Waals surface area contributed by atoms with Crippen LogP contribution in [0.3, 0.4) is 0 Å². The molecule has 0 amide bonds. The number of ether oxygens (including phenoxy) is 2. The quantitative estimate of drug-likeness (QED) is 0.388. The first-order chi connectivity index (χ1) is 15.1. The number of aromatic amines is 1. The van der Waals surface area contributed by atoms with Crippen molar-refractivity contribution in [2.45, 2.75) is 38.8 Å². The van der Waals surface area contributed by atoms with Crippen LogP contribution in [0, 0.1) is 0 Å². The molecule has 1 fully saturated rings. The number of H-pyrrole nitrogens is 1. The molecular formula is C22H33N6O2P. The molecule has 2 atom stereocenters. The van der Waals surface area contributed by atoms with Gasteiger partial charge in [-0.2, -0.15) is 5.10 Å². The van der Waals surface area contributed by atoms with Gasteiger partial charge >= 0.3 is 0 Å². The van der Waals surface area contributed by atoms with Gasteiger partial charge in [0.1, 0.15) is 6.23 Å². The third kappa shape index (κ3) is 4.86. The second kappa shape index (κ2) is 9.98. The van der Waals surface area contributed by atoms with Gasteiger partial charge in [-0.15, -0.1) is 9.24 Å². The molecule has 2 N–H and O–H groups in total. The van der Waals surface area contributed by atoms with E-state index >= 15 is 0 Å². The van der Waals surface area contributed by atoms with Crippen LogP contribution in [-0.4, -0.2) is 60.2 Å². The first-order valence-electron chi connectivity index (χ1n) is 11.1. The van der Waals surface area contributed by atoms with Gasteiger partial charge in [0.25, 0.3) is 0 Å². The number of rotatable bonds is 9. The minimum atomic E-state index is -0.00503. The highest BCUT2D eigenvalue weighted by Crippen LogP contribution is 2.31. The van der Waals surface area contributed by atoms with Gasteiger partial charge in [-0.05, 0) is 50.0 Å². The zero-order valence-corrected chi connectivity index (χ0v) is 19.8. The van der Waals surface area contributed by atoms with E-state index in [4.69, 9.17) is 19.6 Å². The maximum atomic E-state index is 5.90. The third-order valence-corrected chi connectivity index (χ3v) is 6.17. The van der Waals surface area contributed by atoms with E-state index in [2.05, 4.69) is 43.6 Å². The molecule has 4 rings (SSSR count). The van der Waals surface area contributed by atoms with E-state index in [0.717, 1.165) is 85.6 Å². The maximum Gasteiger partial charge on any atom is 0.161 e. The van der Waals surface area contributed by atoms with Crippen molar-refractivity contribution < 1.29 is 9.47 Å². The van der Waals surface area contributed by atoms with Crippen LogP contribution in [0.5, 0.6) is 0 Å². The number of nitrogens with one attached hydrogen (secondary N) is 2. The lowest BCUT2D eigenvalue weighted by atomic mass is 10.2. The van der Waals surface area contributed by atoms with Crippen LogP contribution in [0.1, 0.15) is 38.8 Å². The van der Waals surface area contributed by atoms with Gasteiger partial charge in [-0.25, -0.2) is 9.67 Å². The van der Waals surface area contributed by atoms with Crippen molar-refractivity contribution in [3.05, 3.63) is 18.3 Å². The highest BCUT2D eigenvalue weighted by molar-refractivity contribution is 7.28. The van der Waals surface area contributed by atoms with Crippen molar-refractivity contribution in [3.63, 3.8) is 0 Å². The van der Waals surface area contributed by atoms with Crippen molar-refractivity contribution >= 4 is 37.0 Å². The number of anilines is 2. The second-order valence-electron chi connectivity index (χ2n) is 7.93. The number of hydrogen-bond acceptors (Lipinski definition) is 6. The molecule has 8 nitrogen and oxygen atoms in total. The van der Waals surface area contributed by atoms with Crippen LogP contribution < -0.4 is 15.5 Å². The van der Waals surface area contributed by atoms with Gasteiger partial charge in [-0.3, -0.25) is 0 Å². The van der Waals surface area contributed by atoms with E-state index < -0.39 is 0 Å². The Bertz CT molecular complexity index is 1010. The molecule has 31 heavy (non-hydrogen) atoms. The van der Waals surface area contributed by atoms with Crippen LogP contribution in [-0.2, 0) is 9.47 Å². The van der Waals surface area contributed by atoms with Gasteiger partial charge in [0.2, 0.25) is 0 Å². The first kappa shape index (κ1) is 22.1. The van der Waals surface area contributed by atoms with E-state index in [-0.39, 0.29) is 6.23 Å². The molecule has 2 aromatic heterocycles. The summed E-state index contributed by atoms with van der Waals surface area (Å²) < 4.78 is 13.3. The molecule has 2 unspecified atom stereocenters. The van der Waals surface area contributed by atoms with Crippen LogP contribution in [0.4, 0.5) is 11.4 Å². The monoisotopic (exact) mass is 444 g/mol. The van der Waals surface area contributed by atoms with Gasteiger partial charge in [0, 0.05) is 46.1 Å². The Labute approximate surface area is 185 Å². The fraction of sp³-hybridized carbons (Fsp3) is 0.545. The van der Waals surface area contributed by atoms with Crippen molar-refractivity contribution in [2.75, 3.05) is 50.7 Å². The lowest BCUT2D eigenvalue weighted by Crippen LogP contribution is -2.23. The van der Waals surface area contributed by atoms with Gasteiger partial charge in [0.15, 0.2) is 11.5 Å². The van der Waals surface area contributed by atoms with E-state index in [9.17, 15) is 0 Å². The van der Waals surface area contributed by atoms with Crippen molar-refractivity contribution in [1.82, 2.24) is 19.7 Å². The lowest BCUT2D eigenvalue weighted by Gasteiger charge is -2.22. The molecule has 1 aliphatic rings. The summed E-state index contributed by atoms with van der Waals surface area (Å²) in [6.45, 7) is 5.29. The summed E-state index contributed by atoms with van der Waals surface area (Å²) in [5.74, 6) is 0.759. The van der Waals surface area contributed by atoms with E-state index in [1.807, 2.05) is 24.9 Å². The van der Waals surface area contributed by atoms with E-state index in [1.165, 1.54) is 5.69 Å². The number of imidazole rings is 1. The molecule has 0 saturated carbocycles. The summed E-state index contributed by atoms with van der Waals surface area (Å²) in [6.07, 6.45) is 6.27. The average Bonchev–Trinajstić information content (AvgIpc) is 3.40. The molecule has 9 heteroatoms. The Morgan fingerprint density at radius 2 is 2.26 bits per heavy atom. The predicted molar refractivity (Wildman–Crippen MR) is 129 cm³/mol. The normalized spacial score (nSPS) is 16.7. The molecule has 3 aromatic rings. The highest BCUT2D eigenvalue weighted by atomic mass is 31.0. The fourth-order valence-corrected chi connectivity index (χ4v) is 4.46. The number of aromatic nitrogens is 4. The third-order valence-electron chi connectivity index (χ3n) is 5.70. The Morgan fingerprint density at radius 1 is 1.39 bits per heavy atom. The summed E-state index contributed by atoms with van der Waals surface area (Å²) in [5, 5.41) is 9.19. The fourth-order valence-electron chi connectivity index (χ4n) is 4.00. The van der Waals surface area contributed by atoms with Crippen LogP contribution in [0.15, 0.2) is 18.3 Å². The molecule has 0 radical (unpaired) electrons. The van der Waals surface area contributed by atoms with Crippen molar-refractivity contribution in [3.8, 4) is 11.5 Å². The Morgan fingerprint density at radius 3 is 3.00 bits per heavy atom. The SMILES string of the molecule is CCOCCCN(C)c1cc2[nH]c(-c3nn(C4CCCCO4)cc3NC)nc2cc1P. The Kier molecular flexibility index (Phi) is 7.10. The van der Waals surface area contributed by atoms with Crippen LogP contribution in [0.2, 0.25) is 0 Å². The summed E-state index contributed by atoms with van der Waals surface area (Å²) in [5.41, 5.74) is 4.84. The van der Waals surface area contributed by atoms with Crippen LogP contribution in [0.25, 0.3) is 22.6 Å². The van der Waals surface area contributed by atoms with Gasteiger partial charge in [-0.1, -0.05) is 0 Å². The minimum absolute atomic E-state index is 0.00503. The molecule has 168 valence electrons. The number of fused-ring (bicyclic) bond motifs is 1. The minimum Gasteiger partial charge on any atom is -0.385 e. The highest BCUT2D eigenvalue weighted by Gasteiger charge is 2.21. The van der Waals surface area contributed by atoms with Crippen molar-refractivity contribution in [1.29, 1.82) is 0 Å². The standard InChI is InChI=1S/C22H33N6O2P/c1-4-29-10-7-9-27(3)18-12-15-16(13-19(18)31)25-22(24-15)21-17(23-2)14-28(26-21)20-8-5-6-11-30-20/h12-14,20,23H,4-11,31H2,1-3H3,(H,24,25). The van der Waals surface area contributed by atoms with E-state index in [0.29, 0.717) is 0 Å². The Hall–Kier alpha value is -2.15. The Balaban J connectivity index is 1.60. The first-order valence-corrected chi connectivity index (χ1v) is 11.7. The van der Waals surface area contributed by atoms with Gasteiger partial charge in [0.05, 0.1) is 22.9 Å². The maximum absolute atomic E-state index is 5.90. The molecule has 0 aliphatic carbocycles. The number of nitrogens with zero attached hydrogens (tertiary/aromatic N) is 4. The molecule has 0 bridgehead atoms. The predicted octanol–water partition coefficient (Wildman–Crippen LogP) is 3.53. The molecule has 1 aliphatic heterocycles. The molecular weight excluding hydrogens is 411 g/mol. The number of hydrogen-bond donors (Lipinski definition) is 2.